The van der Waals surface area contributed by atoms with Crippen LogP contribution in [-0.4, -0.2) is 28.4 Å². The van der Waals surface area contributed by atoms with E-state index in [1.165, 1.54) is 0 Å². The fourth-order valence-corrected chi connectivity index (χ4v) is 5.63. The van der Waals surface area contributed by atoms with Crippen LogP contribution in [0.15, 0.2) is 72.9 Å². The average Bonchev–Trinajstić information content (AvgIpc) is 3.40. The number of ether oxygens (including phenoxy) is 2. The minimum Gasteiger partial charge on any atom is -0.495 e. The molecule has 37 heavy (non-hydrogen) atoms. The normalized spacial score (nSPS) is 17.1. The van der Waals surface area contributed by atoms with E-state index in [0.29, 0.717) is 16.7 Å². The molecule has 2 unspecified atom stereocenters. The van der Waals surface area contributed by atoms with Crippen molar-refractivity contribution in [2.75, 3.05) is 18.6 Å². The molecule has 4 aromatic rings. The highest BCUT2D eigenvalue weighted by Crippen LogP contribution is 2.44. The number of methoxy groups -OCH3 is 1. The van der Waals surface area contributed by atoms with Crippen LogP contribution >= 0.6 is 23.8 Å². The number of thiocarbonyl (C=S) groups is 1. The number of halogens is 1. The molecule has 1 N–H and O–H groups in total. The van der Waals surface area contributed by atoms with Crippen LogP contribution in [0.5, 0.6) is 11.5 Å². The Morgan fingerprint density at radius 3 is 2.51 bits per heavy atom. The predicted molar refractivity (Wildman–Crippen MR) is 152 cm³/mol. The van der Waals surface area contributed by atoms with Gasteiger partial charge in [0.15, 0.2) is 5.11 Å². The Morgan fingerprint density at radius 1 is 1.05 bits per heavy atom. The number of nitrogens with one attached hydrogen (secondary N) is 1. The van der Waals surface area contributed by atoms with Crippen LogP contribution in [0.4, 0.5) is 5.69 Å². The summed E-state index contributed by atoms with van der Waals surface area (Å²) in [5.41, 5.74) is 6.08. The van der Waals surface area contributed by atoms with E-state index in [1.54, 1.807) is 7.11 Å². The van der Waals surface area contributed by atoms with Crippen LogP contribution in [0, 0.1) is 13.8 Å². The van der Waals surface area contributed by atoms with Gasteiger partial charge in [-0.3, -0.25) is 4.98 Å². The molecule has 0 radical (unpaired) electrons. The Kier molecular flexibility index (Phi) is 7.09. The van der Waals surface area contributed by atoms with Crippen molar-refractivity contribution in [1.29, 1.82) is 0 Å². The molecule has 2 atom stereocenters. The zero-order chi connectivity index (χ0) is 26.1. The summed E-state index contributed by atoms with van der Waals surface area (Å²) in [4.78, 5) is 6.85. The quantitative estimate of drug-likeness (QED) is 0.266. The Labute approximate surface area is 227 Å². The second-order valence-electron chi connectivity index (χ2n) is 8.90. The van der Waals surface area contributed by atoms with Crippen LogP contribution < -0.4 is 19.7 Å². The first kappa shape index (κ1) is 25.1. The molecule has 0 aliphatic carbocycles. The summed E-state index contributed by atoms with van der Waals surface area (Å²) in [6, 6.07) is 21.6. The van der Waals surface area contributed by atoms with Crippen LogP contribution in [0.1, 0.15) is 41.7 Å². The standard InChI is InChI=1S/C29H29ClN4O2S/c1-5-36-22-12-10-21(11-13-22)34-28(27(32-29(34)37)24-8-6-7-15-31-24)23-16-18(2)33(19(23)3)25-17-20(30)9-14-26(25)35-4/h6-17,27-28H,5H2,1-4H3,(H,32,37). The van der Waals surface area contributed by atoms with Crippen molar-refractivity contribution in [2.24, 2.45) is 0 Å². The topological polar surface area (TPSA) is 51.5 Å². The van der Waals surface area contributed by atoms with Gasteiger partial charge in [-0.15, -0.1) is 0 Å². The lowest BCUT2D eigenvalue weighted by Gasteiger charge is -2.28. The van der Waals surface area contributed by atoms with Gasteiger partial charge in [-0.2, -0.15) is 0 Å². The fourth-order valence-electron chi connectivity index (χ4n) is 5.11. The Bertz CT molecular complexity index is 1420. The fraction of sp³-hybridized carbons (Fsp3) is 0.241. The Balaban J connectivity index is 1.67. The van der Waals surface area contributed by atoms with Crippen molar-refractivity contribution >= 4 is 34.6 Å². The van der Waals surface area contributed by atoms with E-state index < -0.39 is 0 Å². The summed E-state index contributed by atoms with van der Waals surface area (Å²) >= 11 is 12.3. The number of anilines is 1. The summed E-state index contributed by atoms with van der Waals surface area (Å²) in [5, 5.41) is 4.84. The first-order chi connectivity index (χ1) is 17.9. The van der Waals surface area contributed by atoms with Gasteiger partial charge in [-0.1, -0.05) is 17.7 Å². The molecular weight excluding hydrogens is 504 g/mol. The maximum absolute atomic E-state index is 6.40. The van der Waals surface area contributed by atoms with E-state index >= 15 is 0 Å². The minimum atomic E-state index is -0.143. The molecule has 8 heteroatoms. The molecule has 1 saturated heterocycles. The van der Waals surface area contributed by atoms with Crippen molar-refractivity contribution in [3.05, 3.63) is 101 Å². The second kappa shape index (κ2) is 10.4. The van der Waals surface area contributed by atoms with Gasteiger partial charge in [-0.05, 0) is 99.2 Å². The molecule has 0 spiro atoms. The number of pyridine rings is 1. The molecule has 0 saturated carbocycles. The molecule has 2 aromatic carbocycles. The van der Waals surface area contributed by atoms with Crippen LogP contribution in [-0.2, 0) is 0 Å². The Hall–Kier alpha value is -3.55. The smallest absolute Gasteiger partial charge is 0.174 e. The lowest BCUT2D eigenvalue weighted by atomic mass is 9.96. The number of hydrogen-bond donors (Lipinski definition) is 1. The van der Waals surface area contributed by atoms with Crippen molar-refractivity contribution in [3.63, 3.8) is 0 Å². The molecule has 6 nitrogen and oxygen atoms in total. The van der Waals surface area contributed by atoms with E-state index in [-0.39, 0.29) is 12.1 Å². The van der Waals surface area contributed by atoms with Gasteiger partial charge in [0.2, 0.25) is 0 Å². The number of benzene rings is 2. The average molecular weight is 533 g/mol. The van der Waals surface area contributed by atoms with Gasteiger partial charge in [0.1, 0.15) is 11.5 Å². The number of aryl methyl sites for hydroxylation is 1. The van der Waals surface area contributed by atoms with Crippen molar-refractivity contribution in [1.82, 2.24) is 14.9 Å². The maximum Gasteiger partial charge on any atom is 0.174 e. The van der Waals surface area contributed by atoms with Crippen LogP contribution in [0.2, 0.25) is 5.02 Å². The summed E-state index contributed by atoms with van der Waals surface area (Å²) in [5.74, 6) is 1.58. The van der Waals surface area contributed by atoms with E-state index in [4.69, 9.17) is 33.3 Å². The molecule has 1 aliphatic rings. The number of hydrogen-bond acceptors (Lipinski definition) is 4. The van der Waals surface area contributed by atoms with Gasteiger partial charge in [0, 0.05) is 28.3 Å². The minimum absolute atomic E-state index is 0.134. The monoisotopic (exact) mass is 532 g/mol. The van der Waals surface area contributed by atoms with Crippen LogP contribution in [0.3, 0.4) is 0 Å². The summed E-state index contributed by atoms with van der Waals surface area (Å²) in [7, 11) is 1.67. The predicted octanol–water partition coefficient (Wildman–Crippen LogP) is 6.73. The zero-order valence-electron chi connectivity index (χ0n) is 21.2. The van der Waals surface area contributed by atoms with E-state index in [0.717, 1.165) is 45.5 Å². The van der Waals surface area contributed by atoms with Crippen molar-refractivity contribution in [3.8, 4) is 17.2 Å². The molecule has 1 aliphatic heterocycles. The molecule has 2 aromatic heterocycles. The number of nitrogens with zero attached hydrogens (tertiary/aromatic N) is 3. The molecule has 0 amide bonds. The molecule has 5 rings (SSSR count). The summed E-state index contributed by atoms with van der Waals surface area (Å²) < 4.78 is 13.5. The first-order valence-electron chi connectivity index (χ1n) is 12.2. The number of aromatic nitrogens is 2. The lowest BCUT2D eigenvalue weighted by Crippen LogP contribution is -2.29. The third kappa shape index (κ3) is 4.65. The van der Waals surface area contributed by atoms with E-state index in [2.05, 4.69) is 39.7 Å². The lowest BCUT2D eigenvalue weighted by molar-refractivity contribution is 0.340. The number of rotatable bonds is 7. The largest absolute Gasteiger partial charge is 0.495 e. The maximum atomic E-state index is 6.40. The highest BCUT2D eigenvalue weighted by molar-refractivity contribution is 7.80. The molecule has 0 bridgehead atoms. The molecular formula is C29H29ClN4O2S. The van der Waals surface area contributed by atoms with Crippen LogP contribution in [0.25, 0.3) is 5.69 Å². The third-order valence-corrected chi connectivity index (χ3v) is 7.24. The zero-order valence-corrected chi connectivity index (χ0v) is 22.8. The van der Waals surface area contributed by atoms with Crippen molar-refractivity contribution < 1.29 is 9.47 Å². The van der Waals surface area contributed by atoms with Crippen molar-refractivity contribution in [2.45, 2.75) is 32.9 Å². The first-order valence-corrected chi connectivity index (χ1v) is 13.0. The molecule has 3 heterocycles. The van der Waals surface area contributed by atoms with Gasteiger partial charge in [0.25, 0.3) is 0 Å². The highest BCUT2D eigenvalue weighted by atomic mass is 35.5. The molecule has 1 fully saturated rings. The molecule has 190 valence electrons. The van der Waals surface area contributed by atoms with Gasteiger partial charge >= 0.3 is 0 Å². The summed E-state index contributed by atoms with van der Waals surface area (Å²) in [6.45, 7) is 6.81. The third-order valence-electron chi connectivity index (χ3n) is 6.69. The second-order valence-corrected chi connectivity index (χ2v) is 9.72. The highest BCUT2D eigenvalue weighted by Gasteiger charge is 2.42. The van der Waals surface area contributed by atoms with E-state index in [1.807, 2.05) is 73.8 Å². The Morgan fingerprint density at radius 2 is 1.84 bits per heavy atom. The van der Waals surface area contributed by atoms with Gasteiger partial charge in [-0.25, -0.2) is 0 Å². The van der Waals surface area contributed by atoms with E-state index in [9.17, 15) is 0 Å². The SMILES string of the molecule is CCOc1ccc(N2C(=S)NC(c3ccccn3)C2c2cc(C)n(-c3cc(Cl)ccc3OC)c2C)cc1. The summed E-state index contributed by atoms with van der Waals surface area (Å²) in [6.07, 6.45) is 1.82. The van der Waals surface area contributed by atoms with Gasteiger partial charge in [0.05, 0.1) is 37.2 Å². The van der Waals surface area contributed by atoms with Gasteiger partial charge < -0.3 is 24.3 Å².